The lowest BCUT2D eigenvalue weighted by Crippen LogP contribution is -2.15. The fourth-order valence-electron chi connectivity index (χ4n) is 2.95. The molecular weight excluding hydrogens is 386 g/mol. The van der Waals surface area contributed by atoms with E-state index >= 15 is 0 Å². The van der Waals surface area contributed by atoms with E-state index in [9.17, 15) is 13.6 Å². The fourth-order valence-corrected chi connectivity index (χ4v) is 3.82. The number of amides is 1. The molecule has 0 saturated heterocycles. The number of benzene rings is 3. The molecule has 0 aliphatic carbocycles. The summed E-state index contributed by atoms with van der Waals surface area (Å²) in [5.41, 5.74) is 0.705. The predicted molar refractivity (Wildman–Crippen MR) is 105 cm³/mol. The molecule has 28 heavy (non-hydrogen) atoms. The predicted octanol–water partition coefficient (Wildman–Crippen LogP) is 5.31. The second kappa shape index (κ2) is 7.40. The van der Waals surface area contributed by atoms with Gasteiger partial charge in [0.1, 0.15) is 0 Å². The first kappa shape index (κ1) is 18.1. The molecule has 0 unspecified atom stereocenters. The average Bonchev–Trinajstić information content (AvgIpc) is 3.10. The first-order valence-electron chi connectivity index (χ1n) is 8.28. The van der Waals surface area contributed by atoms with E-state index in [-0.39, 0.29) is 17.1 Å². The number of hydrogen-bond donors (Lipinski definition) is 1. The molecule has 0 radical (unpaired) electrons. The fraction of sp³-hybridized carbons (Fsp3) is 0.100. The molecule has 1 heterocycles. The van der Waals surface area contributed by atoms with Crippen molar-refractivity contribution in [3.8, 4) is 11.5 Å². The Balaban J connectivity index is 1.70. The normalized spacial score (nSPS) is 11.1. The van der Waals surface area contributed by atoms with Crippen molar-refractivity contribution in [3.63, 3.8) is 0 Å². The summed E-state index contributed by atoms with van der Waals surface area (Å²) in [6.45, 7) is -3.09. The molecule has 4 rings (SSSR count). The Morgan fingerprint density at radius 1 is 1.11 bits per heavy atom. The minimum atomic E-state index is -3.09. The molecule has 0 spiro atoms. The smallest absolute Gasteiger partial charge is 0.387 e. The summed E-state index contributed by atoms with van der Waals surface area (Å²) in [4.78, 5) is 17.2. The van der Waals surface area contributed by atoms with Crippen molar-refractivity contribution in [2.24, 2.45) is 0 Å². The van der Waals surface area contributed by atoms with E-state index in [4.69, 9.17) is 4.74 Å². The number of alkyl halides is 2. The summed E-state index contributed by atoms with van der Waals surface area (Å²) in [6.07, 6.45) is 0. The number of nitrogens with one attached hydrogen (secondary N) is 1. The Morgan fingerprint density at radius 3 is 2.71 bits per heavy atom. The minimum absolute atomic E-state index is 0.0447. The first-order valence-corrected chi connectivity index (χ1v) is 9.10. The number of nitrogens with zero attached hydrogens (tertiary/aromatic N) is 1. The molecular formula is C20H14F2N2O3S. The van der Waals surface area contributed by atoms with Crippen molar-refractivity contribution in [1.82, 2.24) is 4.98 Å². The molecule has 0 atom stereocenters. The number of carbonyl (C=O) groups excluding carboxylic acids is 1. The number of para-hydroxylation sites is 1. The van der Waals surface area contributed by atoms with Gasteiger partial charge in [0.25, 0.3) is 5.91 Å². The number of carbonyl (C=O) groups is 1. The molecule has 8 heteroatoms. The number of halogens is 2. The molecule has 0 bridgehead atoms. The third kappa shape index (κ3) is 3.34. The second-order valence-corrected chi connectivity index (χ2v) is 6.85. The lowest BCUT2D eigenvalue weighted by Gasteiger charge is -2.13. The standard InChI is InChI=1S/C20H14F2N2O3S/c1-26-14-8-4-7-13(17(14)27-19(21)22)18(25)24-20-23-16-12-6-3-2-5-11(12)9-10-15(16)28-20/h2-10,19H,1H3,(H,23,24,25). The van der Waals surface area contributed by atoms with Gasteiger partial charge in [-0.2, -0.15) is 8.78 Å². The summed E-state index contributed by atoms with van der Waals surface area (Å²) >= 11 is 1.30. The van der Waals surface area contributed by atoms with Crippen molar-refractivity contribution >= 4 is 43.4 Å². The zero-order valence-electron chi connectivity index (χ0n) is 14.6. The zero-order chi connectivity index (χ0) is 19.7. The molecule has 0 aliphatic rings. The number of hydrogen-bond acceptors (Lipinski definition) is 5. The average molecular weight is 400 g/mol. The second-order valence-electron chi connectivity index (χ2n) is 5.82. The Bertz CT molecular complexity index is 1180. The highest BCUT2D eigenvalue weighted by atomic mass is 32.1. The van der Waals surface area contributed by atoms with Crippen LogP contribution in [0.2, 0.25) is 0 Å². The van der Waals surface area contributed by atoms with Crippen LogP contribution in [0, 0.1) is 0 Å². The number of methoxy groups -OCH3 is 1. The third-order valence-corrected chi connectivity index (χ3v) is 5.09. The van der Waals surface area contributed by atoms with E-state index in [2.05, 4.69) is 15.0 Å². The Kier molecular flexibility index (Phi) is 4.79. The van der Waals surface area contributed by atoms with Crippen LogP contribution in [0.15, 0.2) is 54.6 Å². The van der Waals surface area contributed by atoms with Gasteiger partial charge in [-0.15, -0.1) is 0 Å². The molecule has 1 amide bonds. The van der Waals surface area contributed by atoms with Crippen LogP contribution in [0.4, 0.5) is 13.9 Å². The molecule has 0 saturated carbocycles. The Labute approximate surface area is 162 Å². The summed E-state index contributed by atoms with van der Waals surface area (Å²) < 4.78 is 36.0. The van der Waals surface area contributed by atoms with E-state index in [0.29, 0.717) is 5.13 Å². The van der Waals surface area contributed by atoms with Crippen molar-refractivity contribution in [1.29, 1.82) is 0 Å². The lowest BCUT2D eigenvalue weighted by atomic mass is 10.1. The van der Waals surface area contributed by atoms with E-state index in [1.54, 1.807) is 0 Å². The van der Waals surface area contributed by atoms with Gasteiger partial charge in [-0.3, -0.25) is 10.1 Å². The van der Waals surface area contributed by atoms with Gasteiger partial charge in [0.05, 0.1) is 22.9 Å². The van der Waals surface area contributed by atoms with E-state index in [1.165, 1.54) is 36.6 Å². The lowest BCUT2D eigenvalue weighted by molar-refractivity contribution is -0.0515. The summed E-state index contributed by atoms with van der Waals surface area (Å²) in [5, 5.41) is 5.04. The van der Waals surface area contributed by atoms with Gasteiger partial charge in [-0.1, -0.05) is 47.7 Å². The van der Waals surface area contributed by atoms with Crippen molar-refractivity contribution in [2.75, 3.05) is 12.4 Å². The van der Waals surface area contributed by atoms with Crippen LogP contribution in [0.5, 0.6) is 11.5 Å². The molecule has 1 aromatic heterocycles. The maximum atomic E-state index is 12.8. The van der Waals surface area contributed by atoms with Gasteiger partial charge in [-0.25, -0.2) is 4.98 Å². The molecule has 4 aromatic rings. The summed E-state index contributed by atoms with van der Waals surface area (Å²) in [5.74, 6) is -0.884. The monoisotopic (exact) mass is 400 g/mol. The molecule has 1 N–H and O–H groups in total. The van der Waals surface area contributed by atoms with E-state index < -0.39 is 12.5 Å². The molecule has 3 aromatic carbocycles. The Hall–Kier alpha value is -3.26. The van der Waals surface area contributed by atoms with Crippen LogP contribution in [0.3, 0.4) is 0 Å². The summed E-state index contributed by atoms with van der Waals surface area (Å²) in [7, 11) is 1.31. The van der Waals surface area contributed by atoms with Gasteiger partial charge in [-0.05, 0) is 23.6 Å². The van der Waals surface area contributed by atoms with Gasteiger partial charge in [0.15, 0.2) is 16.6 Å². The van der Waals surface area contributed by atoms with Crippen LogP contribution in [0.25, 0.3) is 21.0 Å². The first-order chi connectivity index (χ1) is 13.6. The quantitative estimate of drug-likeness (QED) is 0.493. The number of aromatic nitrogens is 1. The van der Waals surface area contributed by atoms with Crippen LogP contribution in [-0.4, -0.2) is 24.6 Å². The highest BCUT2D eigenvalue weighted by Gasteiger charge is 2.21. The van der Waals surface area contributed by atoms with Crippen molar-refractivity contribution < 1.29 is 23.0 Å². The van der Waals surface area contributed by atoms with E-state index in [1.807, 2.05) is 36.4 Å². The van der Waals surface area contributed by atoms with Gasteiger partial charge in [0.2, 0.25) is 0 Å². The number of anilines is 1. The number of ether oxygens (including phenoxy) is 2. The number of rotatable bonds is 5. The maximum Gasteiger partial charge on any atom is 0.387 e. The third-order valence-electron chi connectivity index (χ3n) is 4.15. The zero-order valence-corrected chi connectivity index (χ0v) is 15.4. The highest BCUT2D eigenvalue weighted by molar-refractivity contribution is 7.22. The maximum absolute atomic E-state index is 12.8. The summed E-state index contributed by atoms with van der Waals surface area (Å²) in [6, 6.07) is 16.1. The minimum Gasteiger partial charge on any atom is -0.493 e. The number of thiazole rings is 1. The topological polar surface area (TPSA) is 60.5 Å². The molecule has 142 valence electrons. The van der Waals surface area contributed by atoms with Crippen LogP contribution >= 0.6 is 11.3 Å². The van der Waals surface area contributed by atoms with Gasteiger partial charge < -0.3 is 9.47 Å². The van der Waals surface area contributed by atoms with Gasteiger partial charge >= 0.3 is 6.61 Å². The van der Waals surface area contributed by atoms with Crippen LogP contribution in [0.1, 0.15) is 10.4 Å². The van der Waals surface area contributed by atoms with Crippen LogP contribution in [-0.2, 0) is 0 Å². The SMILES string of the molecule is COc1cccc(C(=O)Nc2nc3c(ccc4ccccc43)s2)c1OC(F)F. The van der Waals surface area contributed by atoms with Gasteiger partial charge in [0, 0.05) is 5.39 Å². The number of fused-ring (bicyclic) bond motifs is 3. The van der Waals surface area contributed by atoms with Crippen LogP contribution < -0.4 is 14.8 Å². The molecule has 5 nitrogen and oxygen atoms in total. The van der Waals surface area contributed by atoms with Crippen molar-refractivity contribution in [3.05, 3.63) is 60.2 Å². The molecule has 0 aliphatic heterocycles. The Morgan fingerprint density at radius 2 is 1.93 bits per heavy atom. The molecule has 0 fully saturated rings. The van der Waals surface area contributed by atoms with E-state index in [0.717, 1.165) is 21.0 Å². The largest absolute Gasteiger partial charge is 0.493 e. The van der Waals surface area contributed by atoms with Crippen molar-refractivity contribution in [2.45, 2.75) is 6.61 Å². The highest BCUT2D eigenvalue weighted by Crippen LogP contribution is 2.35.